The first-order valence-electron chi connectivity index (χ1n) is 11.3. The van der Waals surface area contributed by atoms with Crippen LogP contribution in [-0.4, -0.2) is 47.4 Å². The number of amides is 1. The van der Waals surface area contributed by atoms with Crippen molar-refractivity contribution in [3.63, 3.8) is 0 Å². The zero-order valence-corrected chi connectivity index (χ0v) is 19.0. The van der Waals surface area contributed by atoms with Crippen LogP contribution in [-0.2, 0) is 6.18 Å². The third-order valence-corrected chi connectivity index (χ3v) is 6.18. The molecule has 1 saturated carbocycles. The van der Waals surface area contributed by atoms with Gasteiger partial charge in [-0.2, -0.15) is 13.2 Å². The van der Waals surface area contributed by atoms with Crippen molar-refractivity contribution < 1.29 is 26.7 Å². The van der Waals surface area contributed by atoms with Crippen molar-refractivity contribution >= 4 is 23.1 Å². The van der Waals surface area contributed by atoms with Crippen LogP contribution in [0.1, 0.15) is 41.7 Å². The zero-order chi connectivity index (χ0) is 25.2. The Balaban J connectivity index is 1.31. The Morgan fingerprint density at radius 2 is 1.74 bits per heavy atom. The fourth-order valence-corrected chi connectivity index (χ4v) is 4.30. The monoisotopic (exact) mass is 495 g/mol. The van der Waals surface area contributed by atoms with Gasteiger partial charge in [-0.25, -0.2) is 13.8 Å². The minimum atomic E-state index is -4.51. The van der Waals surface area contributed by atoms with Gasteiger partial charge in [0.15, 0.2) is 5.69 Å². The third-order valence-electron chi connectivity index (χ3n) is 6.18. The average Bonchev–Trinajstić information content (AvgIpc) is 3.26. The lowest BCUT2D eigenvalue weighted by molar-refractivity contribution is -0.140. The van der Waals surface area contributed by atoms with E-state index in [0.29, 0.717) is 29.9 Å². The van der Waals surface area contributed by atoms with E-state index in [4.69, 9.17) is 0 Å². The summed E-state index contributed by atoms with van der Waals surface area (Å²) in [6.07, 6.45) is -3.07. The molecule has 0 saturated heterocycles. The summed E-state index contributed by atoms with van der Waals surface area (Å²) in [7, 11) is 1.57. The van der Waals surface area contributed by atoms with Gasteiger partial charge in [-0.3, -0.25) is 9.20 Å². The minimum absolute atomic E-state index is 0.0254. The van der Waals surface area contributed by atoms with E-state index < -0.39 is 18.3 Å². The van der Waals surface area contributed by atoms with Crippen LogP contribution in [0, 0.1) is 0 Å². The molecule has 188 valence electrons. The third kappa shape index (κ3) is 6.01. The average molecular weight is 495 g/mol. The zero-order valence-electron chi connectivity index (χ0n) is 19.0. The molecule has 2 N–H and O–H groups in total. The fourth-order valence-electron chi connectivity index (χ4n) is 4.30. The van der Waals surface area contributed by atoms with Crippen LogP contribution >= 0.6 is 0 Å². The van der Waals surface area contributed by atoms with E-state index in [-0.39, 0.29) is 30.2 Å². The highest BCUT2D eigenvalue weighted by Crippen LogP contribution is 2.30. The number of hydrogen-bond donors (Lipinski definition) is 2. The molecule has 4 rings (SSSR count). The predicted molar refractivity (Wildman–Crippen MR) is 123 cm³/mol. The smallest absolute Gasteiger partial charge is 0.369 e. The Morgan fingerprint density at radius 3 is 2.37 bits per heavy atom. The number of carbonyl (C=O) groups excluding carboxylic acids is 1. The number of nitrogens with one attached hydrogen (secondary N) is 2. The van der Waals surface area contributed by atoms with Gasteiger partial charge in [0.25, 0.3) is 12.3 Å². The maximum absolute atomic E-state index is 13.0. The van der Waals surface area contributed by atoms with Gasteiger partial charge in [0.2, 0.25) is 0 Å². The molecule has 0 bridgehead atoms. The number of fused-ring (bicyclic) bond motifs is 1. The van der Waals surface area contributed by atoms with Crippen LogP contribution in [0.4, 0.5) is 33.5 Å². The number of alkyl halides is 5. The van der Waals surface area contributed by atoms with Crippen LogP contribution in [0.3, 0.4) is 0 Å². The van der Waals surface area contributed by atoms with E-state index in [1.165, 1.54) is 15.4 Å². The number of rotatable bonds is 7. The highest BCUT2D eigenvalue weighted by molar-refractivity contribution is 5.94. The SMILES string of the molecule is CN(CC(F)F)c1ccc(C(=O)NC2CCC(Nc3cccc4nc(C(F)(F)F)cn34)CC2)cc1. The Hall–Kier alpha value is -3.37. The van der Waals surface area contributed by atoms with E-state index in [1.54, 1.807) is 43.4 Å². The standard InChI is InChI=1S/C24H26F5N5O/c1-33(14-20(25)26)18-11-5-15(6-12-18)23(35)31-17-9-7-16(8-10-17)30-21-3-2-4-22-32-19(13-34(21)22)24(27,28)29/h2-6,11-13,16-17,20,30H,7-10,14H2,1H3,(H,31,35). The molecule has 1 aliphatic carbocycles. The van der Waals surface area contributed by atoms with Crippen LogP contribution < -0.4 is 15.5 Å². The lowest BCUT2D eigenvalue weighted by atomic mass is 9.91. The van der Waals surface area contributed by atoms with Crippen molar-refractivity contribution in [3.05, 3.63) is 59.9 Å². The van der Waals surface area contributed by atoms with Crippen molar-refractivity contribution in [1.29, 1.82) is 0 Å². The molecule has 3 aromatic rings. The van der Waals surface area contributed by atoms with E-state index in [2.05, 4.69) is 15.6 Å². The van der Waals surface area contributed by atoms with Crippen molar-refractivity contribution in [2.75, 3.05) is 23.8 Å². The summed E-state index contributed by atoms with van der Waals surface area (Å²) < 4.78 is 65.6. The number of benzene rings is 1. The van der Waals surface area contributed by atoms with Crippen molar-refractivity contribution in [2.45, 2.75) is 50.4 Å². The summed E-state index contributed by atoms with van der Waals surface area (Å²) in [5.74, 6) is 0.308. The molecule has 1 fully saturated rings. The molecular weight excluding hydrogens is 469 g/mol. The number of imidazole rings is 1. The first kappa shape index (κ1) is 24.7. The van der Waals surface area contributed by atoms with Gasteiger partial charge in [0.1, 0.15) is 11.5 Å². The minimum Gasteiger partial charge on any atom is -0.369 e. The number of halogens is 5. The summed E-state index contributed by atoms with van der Waals surface area (Å²) in [6, 6.07) is 11.4. The van der Waals surface area contributed by atoms with Crippen LogP contribution in [0.15, 0.2) is 48.7 Å². The predicted octanol–water partition coefficient (Wildman–Crippen LogP) is 5.21. The van der Waals surface area contributed by atoms with Gasteiger partial charge in [0.05, 0.1) is 6.54 Å². The second kappa shape index (κ2) is 10.1. The number of anilines is 2. The van der Waals surface area contributed by atoms with Crippen molar-refractivity contribution in [2.24, 2.45) is 0 Å². The largest absolute Gasteiger partial charge is 0.434 e. The number of carbonyl (C=O) groups is 1. The summed E-state index contributed by atoms with van der Waals surface area (Å²) in [6.45, 7) is -0.387. The Kier molecular flexibility index (Phi) is 7.13. The lowest BCUT2D eigenvalue weighted by Crippen LogP contribution is -2.40. The number of pyridine rings is 1. The summed E-state index contributed by atoms with van der Waals surface area (Å²) >= 11 is 0. The molecule has 11 heteroatoms. The highest BCUT2D eigenvalue weighted by atomic mass is 19.4. The molecular formula is C24H26F5N5O. The molecule has 0 spiro atoms. The number of hydrogen-bond acceptors (Lipinski definition) is 4. The maximum Gasteiger partial charge on any atom is 0.434 e. The topological polar surface area (TPSA) is 61.7 Å². The summed E-state index contributed by atoms with van der Waals surface area (Å²) in [5.41, 5.74) is 0.331. The summed E-state index contributed by atoms with van der Waals surface area (Å²) in [4.78, 5) is 17.7. The van der Waals surface area contributed by atoms with E-state index in [9.17, 15) is 26.7 Å². The second-order valence-electron chi connectivity index (χ2n) is 8.75. The molecule has 0 aliphatic heterocycles. The molecule has 1 amide bonds. The van der Waals surface area contributed by atoms with Gasteiger partial charge in [-0.05, 0) is 62.1 Å². The van der Waals surface area contributed by atoms with Crippen LogP contribution in [0.5, 0.6) is 0 Å². The van der Waals surface area contributed by atoms with E-state index >= 15 is 0 Å². The molecule has 0 atom stereocenters. The number of nitrogens with zero attached hydrogens (tertiary/aromatic N) is 3. The molecule has 1 aliphatic rings. The molecule has 2 heterocycles. The highest BCUT2D eigenvalue weighted by Gasteiger charge is 2.34. The molecule has 0 radical (unpaired) electrons. The molecule has 0 unspecified atom stereocenters. The van der Waals surface area contributed by atoms with Crippen LogP contribution in [0.2, 0.25) is 0 Å². The van der Waals surface area contributed by atoms with E-state index in [0.717, 1.165) is 19.0 Å². The van der Waals surface area contributed by atoms with Crippen molar-refractivity contribution in [1.82, 2.24) is 14.7 Å². The van der Waals surface area contributed by atoms with Crippen molar-refractivity contribution in [3.8, 4) is 0 Å². The summed E-state index contributed by atoms with van der Waals surface area (Å²) in [5, 5.41) is 6.32. The molecule has 2 aromatic heterocycles. The normalized spacial score (nSPS) is 18.6. The first-order chi connectivity index (χ1) is 16.6. The quantitative estimate of drug-likeness (QED) is 0.442. The Labute approximate surface area is 199 Å². The second-order valence-corrected chi connectivity index (χ2v) is 8.75. The lowest BCUT2D eigenvalue weighted by Gasteiger charge is -2.30. The van der Waals surface area contributed by atoms with Gasteiger partial charge < -0.3 is 15.5 Å². The first-order valence-corrected chi connectivity index (χ1v) is 11.3. The van der Waals surface area contributed by atoms with Gasteiger partial charge >= 0.3 is 6.18 Å². The molecule has 6 nitrogen and oxygen atoms in total. The molecule has 35 heavy (non-hydrogen) atoms. The maximum atomic E-state index is 13.0. The number of aromatic nitrogens is 2. The Bertz CT molecular complexity index is 1150. The molecule has 1 aromatic carbocycles. The van der Waals surface area contributed by atoms with Gasteiger partial charge in [-0.1, -0.05) is 6.07 Å². The van der Waals surface area contributed by atoms with Crippen LogP contribution in [0.25, 0.3) is 5.65 Å². The Morgan fingerprint density at radius 1 is 1.09 bits per heavy atom. The fraction of sp³-hybridized carbons (Fsp3) is 0.417. The van der Waals surface area contributed by atoms with Gasteiger partial charge in [0, 0.05) is 36.6 Å². The van der Waals surface area contributed by atoms with E-state index in [1.807, 2.05) is 0 Å². The van der Waals surface area contributed by atoms with Gasteiger partial charge in [-0.15, -0.1) is 0 Å².